The first-order valence-corrected chi connectivity index (χ1v) is 7.83. The van der Waals surface area contributed by atoms with Crippen LogP contribution in [0.2, 0.25) is 0 Å². The molecule has 1 atom stereocenters. The molecule has 0 bridgehead atoms. The van der Waals surface area contributed by atoms with Crippen LogP contribution in [-0.4, -0.2) is 25.5 Å². The van der Waals surface area contributed by atoms with E-state index >= 15 is 0 Å². The summed E-state index contributed by atoms with van der Waals surface area (Å²) in [6.07, 6.45) is 0.478. The maximum absolute atomic E-state index is 14.0. The number of halogens is 2. The highest BCUT2D eigenvalue weighted by Crippen LogP contribution is 2.22. The van der Waals surface area contributed by atoms with Crippen LogP contribution in [0.3, 0.4) is 0 Å². The second-order valence-corrected chi connectivity index (χ2v) is 6.60. The van der Waals surface area contributed by atoms with Crippen molar-refractivity contribution < 1.29 is 27.1 Å². The van der Waals surface area contributed by atoms with Gasteiger partial charge in [0.25, 0.3) is 0 Å². The molecule has 0 fully saturated rings. The molecule has 0 aromatic heterocycles. The summed E-state index contributed by atoms with van der Waals surface area (Å²) in [6.45, 7) is 5.34. The van der Waals surface area contributed by atoms with Gasteiger partial charge >= 0.3 is 5.97 Å². The van der Waals surface area contributed by atoms with Gasteiger partial charge in [-0.2, -0.15) is 0 Å². The molecule has 0 heterocycles. The zero-order valence-electron chi connectivity index (χ0n) is 11.9. The third-order valence-corrected chi connectivity index (χ3v) is 4.62. The van der Waals surface area contributed by atoms with Gasteiger partial charge in [0.1, 0.15) is 16.3 Å². The number of carboxylic acid groups (broad SMARTS) is 1. The van der Waals surface area contributed by atoms with E-state index in [4.69, 9.17) is 5.11 Å². The SMILES string of the molecule is CCC(NS(=O)(=O)c1ccc(F)c(C(=O)O)c1F)C(C)C. The third kappa shape index (κ3) is 3.76. The van der Waals surface area contributed by atoms with Gasteiger partial charge in [0.15, 0.2) is 5.82 Å². The minimum atomic E-state index is -4.28. The molecule has 2 N–H and O–H groups in total. The first-order chi connectivity index (χ1) is 9.61. The van der Waals surface area contributed by atoms with Crippen molar-refractivity contribution >= 4 is 16.0 Å². The lowest BCUT2D eigenvalue weighted by Crippen LogP contribution is -2.38. The molecule has 5 nitrogen and oxygen atoms in total. The van der Waals surface area contributed by atoms with E-state index in [-0.39, 0.29) is 5.92 Å². The molecule has 0 spiro atoms. The summed E-state index contributed by atoms with van der Waals surface area (Å²) in [6, 6.07) is 0.900. The predicted molar refractivity (Wildman–Crippen MR) is 72.6 cm³/mol. The van der Waals surface area contributed by atoms with Crippen molar-refractivity contribution in [3.63, 3.8) is 0 Å². The van der Waals surface area contributed by atoms with Crippen molar-refractivity contribution in [1.29, 1.82) is 0 Å². The highest BCUT2D eigenvalue weighted by Gasteiger charge is 2.29. The van der Waals surface area contributed by atoms with Gasteiger partial charge in [0.05, 0.1) is 0 Å². The molecule has 0 aliphatic rings. The molecule has 0 amide bonds. The van der Waals surface area contributed by atoms with Gasteiger partial charge in [-0.05, 0) is 24.5 Å². The molecular weight excluding hydrogens is 304 g/mol. The molecule has 118 valence electrons. The minimum absolute atomic E-state index is 0.0350. The van der Waals surface area contributed by atoms with Crippen molar-refractivity contribution in [1.82, 2.24) is 4.72 Å². The Morgan fingerprint density at radius 2 is 1.90 bits per heavy atom. The fourth-order valence-electron chi connectivity index (χ4n) is 1.89. The van der Waals surface area contributed by atoms with Crippen molar-refractivity contribution in [3.8, 4) is 0 Å². The van der Waals surface area contributed by atoms with Crippen molar-refractivity contribution in [3.05, 3.63) is 29.3 Å². The van der Waals surface area contributed by atoms with Gasteiger partial charge in [-0.25, -0.2) is 26.7 Å². The number of carboxylic acids is 1. The predicted octanol–water partition coefficient (Wildman–Crippen LogP) is 2.38. The van der Waals surface area contributed by atoms with Gasteiger partial charge in [-0.15, -0.1) is 0 Å². The Morgan fingerprint density at radius 3 is 2.33 bits per heavy atom. The second kappa shape index (κ2) is 6.48. The quantitative estimate of drug-likeness (QED) is 0.842. The van der Waals surface area contributed by atoms with E-state index < -0.39 is 44.1 Å². The standard InChI is InChI=1S/C13H17F2NO4S/c1-4-9(7(2)3)16-21(19,20)10-6-5-8(14)11(12(10)15)13(17)18/h5-7,9,16H,4H2,1-3H3,(H,17,18). The number of carbonyl (C=O) groups is 1. The summed E-state index contributed by atoms with van der Waals surface area (Å²) in [5.74, 6) is -4.83. The molecule has 0 saturated heterocycles. The smallest absolute Gasteiger partial charge is 0.341 e. The van der Waals surface area contributed by atoms with Crippen LogP contribution in [0.4, 0.5) is 8.78 Å². The summed E-state index contributed by atoms with van der Waals surface area (Å²) >= 11 is 0. The lowest BCUT2D eigenvalue weighted by atomic mass is 10.0. The number of aromatic carboxylic acids is 1. The van der Waals surface area contributed by atoms with E-state index in [1.54, 1.807) is 20.8 Å². The molecule has 1 rings (SSSR count). The monoisotopic (exact) mass is 321 g/mol. The number of hydrogen-bond donors (Lipinski definition) is 2. The minimum Gasteiger partial charge on any atom is -0.477 e. The summed E-state index contributed by atoms with van der Waals surface area (Å²) in [7, 11) is -4.28. The first kappa shape index (κ1) is 17.5. The maximum Gasteiger partial charge on any atom is 0.341 e. The number of rotatable bonds is 6. The number of hydrogen-bond acceptors (Lipinski definition) is 3. The lowest BCUT2D eigenvalue weighted by Gasteiger charge is -2.21. The summed E-state index contributed by atoms with van der Waals surface area (Å²) in [5, 5.41) is 8.76. The van der Waals surface area contributed by atoms with Crippen LogP contribution in [0.25, 0.3) is 0 Å². The summed E-state index contributed by atoms with van der Waals surface area (Å²) < 4.78 is 53.9. The Balaban J connectivity index is 3.33. The largest absolute Gasteiger partial charge is 0.477 e. The Morgan fingerprint density at radius 1 is 1.33 bits per heavy atom. The molecule has 0 aliphatic heterocycles. The highest BCUT2D eigenvalue weighted by atomic mass is 32.2. The Hall–Kier alpha value is -1.54. The fraction of sp³-hybridized carbons (Fsp3) is 0.462. The second-order valence-electron chi connectivity index (χ2n) is 4.92. The van der Waals surface area contributed by atoms with Crippen LogP contribution >= 0.6 is 0 Å². The Labute approximate surface area is 122 Å². The summed E-state index contributed by atoms with van der Waals surface area (Å²) in [5.41, 5.74) is -1.28. The van der Waals surface area contributed by atoms with E-state index in [1.807, 2.05) is 0 Å². The summed E-state index contributed by atoms with van der Waals surface area (Å²) in [4.78, 5) is 9.94. The highest BCUT2D eigenvalue weighted by molar-refractivity contribution is 7.89. The van der Waals surface area contributed by atoms with Crippen LogP contribution < -0.4 is 4.72 Å². The van der Waals surface area contributed by atoms with Crippen LogP contribution in [0.15, 0.2) is 17.0 Å². The molecule has 1 aromatic rings. The average molecular weight is 321 g/mol. The van der Waals surface area contributed by atoms with E-state index in [9.17, 15) is 22.0 Å². The molecule has 1 unspecified atom stereocenters. The molecule has 0 saturated carbocycles. The molecule has 0 aliphatic carbocycles. The molecule has 8 heteroatoms. The van der Waals surface area contributed by atoms with Crippen LogP contribution in [0.5, 0.6) is 0 Å². The van der Waals surface area contributed by atoms with Crippen molar-refractivity contribution in [2.45, 2.75) is 38.1 Å². The van der Waals surface area contributed by atoms with Crippen LogP contribution in [-0.2, 0) is 10.0 Å². The van der Waals surface area contributed by atoms with Crippen LogP contribution in [0, 0.1) is 17.6 Å². The van der Waals surface area contributed by atoms with Gasteiger partial charge in [-0.1, -0.05) is 20.8 Å². The van der Waals surface area contributed by atoms with E-state index in [2.05, 4.69) is 4.72 Å². The van der Waals surface area contributed by atoms with E-state index in [0.29, 0.717) is 18.6 Å². The van der Waals surface area contributed by atoms with Gasteiger partial charge in [0.2, 0.25) is 10.0 Å². The molecule has 21 heavy (non-hydrogen) atoms. The van der Waals surface area contributed by atoms with E-state index in [1.165, 1.54) is 0 Å². The molecule has 0 radical (unpaired) electrons. The number of benzene rings is 1. The number of nitrogens with one attached hydrogen (secondary N) is 1. The Kier molecular flexibility index (Phi) is 5.41. The lowest BCUT2D eigenvalue weighted by molar-refractivity contribution is 0.0685. The normalized spacial score (nSPS) is 13.4. The van der Waals surface area contributed by atoms with Crippen molar-refractivity contribution in [2.75, 3.05) is 0 Å². The maximum atomic E-state index is 14.0. The van der Waals surface area contributed by atoms with Gasteiger partial charge < -0.3 is 5.11 Å². The molecule has 1 aromatic carbocycles. The zero-order chi connectivity index (χ0) is 16.4. The van der Waals surface area contributed by atoms with Gasteiger partial charge in [0, 0.05) is 6.04 Å². The zero-order valence-corrected chi connectivity index (χ0v) is 12.7. The van der Waals surface area contributed by atoms with Crippen molar-refractivity contribution in [2.24, 2.45) is 5.92 Å². The molecular formula is C13H17F2NO4S. The average Bonchev–Trinajstić information content (AvgIpc) is 2.34. The van der Waals surface area contributed by atoms with E-state index in [0.717, 1.165) is 0 Å². The first-order valence-electron chi connectivity index (χ1n) is 6.35. The Bertz CT molecular complexity index is 644. The fourth-order valence-corrected chi connectivity index (χ4v) is 3.44. The number of sulfonamides is 1. The third-order valence-electron chi connectivity index (χ3n) is 3.11. The van der Waals surface area contributed by atoms with Gasteiger partial charge in [-0.3, -0.25) is 0 Å². The topological polar surface area (TPSA) is 83.5 Å². The van der Waals surface area contributed by atoms with Crippen LogP contribution in [0.1, 0.15) is 37.6 Å².